The monoisotopic (exact) mass is 581 g/mol. The molecule has 0 atom stereocenters. The summed E-state index contributed by atoms with van der Waals surface area (Å²) in [5, 5.41) is 2.51. The van der Waals surface area contributed by atoms with Gasteiger partial charge in [0.25, 0.3) is 0 Å². The highest BCUT2D eigenvalue weighted by molar-refractivity contribution is 6.12. The van der Waals surface area contributed by atoms with Gasteiger partial charge < -0.3 is 4.74 Å². The van der Waals surface area contributed by atoms with Gasteiger partial charge in [0.1, 0.15) is 11.6 Å². The molecule has 3 heterocycles. The highest BCUT2D eigenvalue weighted by atomic mass is 16.5. The van der Waals surface area contributed by atoms with Crippen LogP contribution in [-0.2, 0) is 16.2 Å². The molecule has 0 saturated heterocycles. The summed E-state index contributed by atoms with van der Waals surface area (Å²) in [6.45, 7) is 20.2. The molecule has 4 heteroatoms. The second-order valence-corrected chi connectivity index (χ2v) is 14.9. The summed E-state index contributed by atoms with van der Waals surface area (Å²) < 4.78 is 8.61. The van der Waals surface area contributed by atoms with Crippen molar-refractivity contribution in [1.82, 2.24) is 14.5 Å². The number of pyridine rings is 2. The second kappa shape index (κ2) is 10.6. The molecule has 0 bridgehead atoms. The lowest BCUT2D eigenvalue weighted by Gasteiger charge is -2.21. The van der Waals surface area contributed by atoms with Crippen molar-refractivity contribution in [2.24, 2.45) is 0 Å². The molecule has 6 aromatic rings. The molecule has 0 aliphatic carbocycles. The van der Waals surface area contributed by atoms with Crippen LogP contribution in [0.1, 0.15) is 79.0 Å². The Morgan fingerprint density at radius 3 is 1.93 bits per heavy atom. The summed E-state index contributed by atoms with van der Waals surface area (Å²) >= 11 is 0. The number of hydrogen-bond acceptors (Lipinski definition) is 3. The van der Waals surface area contributed by atoms with E-state index in [9.17, 15) is 0 Å². The van der Waals surface area contributed by atoms with E-state index in [1.165, 1.54) is 33.0 Å². The minimum atomic E-state index is -0.0119. The lowest BCUT2D eigenvalue weighted by atomic mass is 9.84. The van der Waals surface area contributed by atoms with Crippen molar-refractivity contribution < 1.29 is 4.74 Å². The van der Waals surface area contributed by atoms with Crippen molar-refractivity contribution in [2.45, 2.75) is 78.6 Å². The van der Waals surface area contributed by atoms with Crippen LogP contribution in [-0.4, -0.2) is 14.5 Å². The predicted octanol–water partition coefficient (Wildman–Crippen LogP) is 10.9. The van der Waals surface area contributed by atoms with Crippen LogP contribution >= 0.6 is 0 Å². The molecule has 0 aliphatic rings. The molecule has 0 radical (unpaired) electrons. The van der Waals surface area contributed by atoms with E-state index in [4.69, 9.17) is 9.72 Å². The Balaban J connectivity index is 1.52. The van der Waals surface area contributed by atoms with Crippen LogP contribution in [0.5, 0.6) is 11.6 Å². The Kier molecular flexibility index (Phi) is 7.15. The van der Waals surface area contributed by atoms with Gasteiger partial charge in [0.05, 0.1) is 11.0 Å². The SMILES string of the molecule is CC(C)(C)c1ccnc(Oc2cccc(-c3ccc4c5c(C(C)(C)C)cccc5n(-c5cc(C(C)(C)C)ccn5)c4c3)c2)c1. The summed E-state index contributed by atoms with van der Waals surface area (Å²) in [6, 6.07) is 30.2. The lowest BCUT2D eigenvalue weighted by Crippen LogP contribution is -2.12. The molecule has 0 amide bonds. The molecule has 0 saturated carbocycles. The van der Waals surface area contributed by atoms with Gasteiger partial charge in [-0.25, -0.2) is 9.97 Å². The van der Waals surface area contributed by atoms with E-state index < -0.39 is 0 Å². The van der Waals surface area contributed by atoms with Gasteiger partial charge in [-0.05, 0) is 86.5 Å². The van der Waals surface area contributed by atoms with Gasteiger partial charge in [-0.2, -0.15) is 0 Å². The molecule has 224 valence electrons. The summed E-state index contributed by atoms with van der Waals surface area (Å²) in [5.41, 5.74) is 8.31. The maximum atomic E-state index is 6.28. The van der Waals surface area contributed by atoms with Crippen molar-refractivity contribution >= 4 is 21.8 Å². The van der Waals surface area contributed by atoms with Crippen molar-refractivity contribution in [3.63, 3.8) is 0 Å². The Morgan fingerprint density at radius 1 is 0.568 bits per heavy atom. The van der Waals surface area contributed by atoms with Crippen molar-refractivity contribution in [2.75, 3.05) is 0 Å². The Hall–Kier alpha value is -4.44. The number of rotatable bonds is 4. The number of ether oxygens (including phenoxy) is 1. The fourth-order valence-corrected chi connectivity index (χ4v) is 5.92. The average molecular weight is 582 g/mol. The third-order valence-electron chi connectivity index (χ3n) is 8.43. The number of aromatic nitrogens is 3. The normalized spacial score (nSPS) is 12.7. The van der Waals surface area contributed by atoms with E-state index in [-0.39, 0.29) is 16.2 Å². The van der Waals surface area contributed by atoms with Gasteiger partial charge in [0.2, 0.25) is 5.88 Å². The van der Waals surface area contributed by atoms with E-state index >= 15 is 0 Å². The van der Waals surface area contributed by atoms with E-state index in [0.717, 1.165) is 28.2 Å². The smallest absolute Gasteiger partial charge is 0.219 e. The fraction of sp³-hybridized carbons (Fsp3) is 0.300. The molecule has 6 rings (SSSR count). The summed E-state index contributed by atoms with van der Waals surface area (Å²) in [4.78, 5) is 9.39. The van der Waals surface area contributed by atoms with E-state index in [2.05, 4.69) is 139 Å². The third-order valence-corrected chi connectivity index (χ3v) is 8.43. The van der Waals surface area contributed by atoms with Crippen LogP contribution in [0, 0.1) is 0 Å². The Bertz CT molecular complexity index is 1990. The van der Waals surface area contributed by atoms with Crippen LogP contribution in [0.15, 0.2) is 97.3 Å². The largest absolute Gasteiger partial charge is 0.439 e. The third kappa shape index (κ3) is 5.61. The highest BCUT2D eigenvalue weighted by Crippen LogP contribution is 2.40. The fourth-order valence-electron chi connectivity index (χ4n) is 5.92. The molecule has 0 spiro atoms. The zero-order valence-electron chi connectivity index (χ0n) is 27.5. The molecular formula is C40H43N3O. The topological polar surface area (TPSA) is 39.9 Å². The molecule has 3 aromatic carbocycles. The first-order valence-corrected chi connectivity index (χ1v) is 15.5. The molecule has 0 fully saturated rings. The number of hydrogen-bond donors (Lipinski definition) is 0. The minimum absolute atomic E-state index is 0.0119. The zero-order valence-corrected chi connectivity index (χ0v) is 27.5. The maximum Gasteiger partial charge on any atom is 0.219 e. The van der Waals surface area contributed by atoms with Crippen LogP contribution < -0.4 is 4.74 Å². The van der Waals surface area contributed by atoms with Crippen molar-refractivity contribution in [3.05, 3.63) is 114 Å². The lowest BCUT2D eigenvalue weighted by molar-refractivity contribution is 0.459. The predicted molar refractivity (Wildman–Crippen MR) is 184 cm³/mol. The molecule has 4 nitrogen and oxygen atoms in total. The first-order chi connectivity index (χ1) is 20.7. The van der Waals surface area contributed by atoms with E-state index in [1.54, 1.807) is 0 Å². The van der Waals surface area contributed by atoms with E-state index in [1.807, 2.05) is 30.6 Å². The molecule has 3 aromatic heterocycles. The van der Waals surface area contributed by atoms with Crippen LogP contribution in [0.4, 0.5) is 0 Å². The van der Waals surface area contributed by atoms with Gasteiger partial charge >= 0.3 is 0 Å². The number of benzene rings is 3. The van der Waals surface area contributed by atoms with Gasteiger partial charge in [-0.3, -0.25) is 4.57 Å². The molecular weight excluding hydrogens is 538 g/mol. The summed E-state index contributed by atoms with van der Waals surface area (Å²) in [5.74, 6) is 2.29. The minimum Gasteiger partial charge on any atom is -0.439 e. The Morgan fingerprint density at radius 2 is 1.23 bits per heavy atom. The first kappa shape index (κ1) is 29.6. The number of nitrogens with zero attached hydrogens (tertiary/aromatic N) is 3. The van der Waals surface area contributed by atoms with Gasteiger partial charge in [-0.1, -0.05) is 98.7 Å². The quantitative estimate of drug-likeness (QED) is 0.208. The van der Waals surface area contributed by atoms with Gasteiger partial charge in [0.15, 0.2) is 0 Å². The van der Waals surface area contributed by atoms with Crippen LogP contribution in [0.25, 0.3) is 38.8 Å². The zero-order chi connectivity index (χ0) is 31.4. The summed E-state index contributed by atoms with van der Waals surface area (Å²) in [7, 11) is 0. The summed E-state index contributed by atoms with van der Waals surface area (Å²) in [6.07, 6.45) is 3.76. The standard InChI is InChI=1S/C40H43N3O/c1-38(2,3)28-18-20-41-35(24-28)43-33-15-11-14-32(40(7,8)9)37(33)31-17-16-27(23-34(31)43)26-12-10-13-30(22-26)44-36-25-29(19-21-42-36)39(4,5)6/h10-25H,1-9H3. The van der Waals surface area contributed by atoms with Gasteiger partial charge in [-0.15, -0.1) is 0 Å². The molecule has 0 unspecified atom stereocenters. The second-order valence-electron chi connectivity index (χ2n) is 14.9. The highest BCUT2D eigenvalue weighted by Gasteiger charge is 2.24. The molecule has 44 heavy (non-hydrogen) atoms. The van der Waals surface area contributed by atoms with Crippen LogP contribution in [0.3, 0.4) is 0 Å². The van der Waals surface area contributed by atoms with Crippen molar-refractivity contribution in [1.29, 1.82) is 0 Å². The molecule has 0 aliphatic heterocycles. The average Bonchev–Trinajstić information content (AvgIpc) is 3.30. The van der Waals surface area contributed by atoms with Crippen molar-refractivity contribution in [3.8, 4) is 28.6 Å². The maximum absolute atomic E-state index is 6.28. The number of fused-ring (bicyclic) bond motifs is 3. The first-order valence-electron chi connectivity index (χ1n) is 15.5. The van der Waals surface area contributed by atoms with Crippen LogP contribution in [0.2, 0.25) is 0 Å². The Labute approximate surface area is 261 Å². The molecule has 0 N–H and O–H groups in total. The van der Waals surface area contributed by atoms with Gasteiger partial charge in [0, 0.05) is 29.2 Å². The van der Waals surface area contributed by atoms with E-state index in [0.29, 0.717) is 5.88 Å².